The second-order valence-corrected chi connectivity index (χ2v) is 2.73. The van der Waals surface area contributed by atoms with Crippen LogP contribution in [0.5, 0.6) is 5.75 Å². The van der Waals surface area contributed by atoms with E-state index in [0.717, 1.165) is 0 Å². The average molecular weight is 193 g/mol. The minimum Gasteiger partial charge on any atom is -0.496 e. The maximum atomic E-state index is 12.9. The highest BCUT2D eigenvalue weighted by molar-refractivity contribution is 5.66. The Kier molecular flexibility index (Phi) is 2.18. The summed E-state index contributed by atoms with van der Waals surface area (Å²) in [4.78, 5) is 0. The summed E-state index contributed by atoms with van der Waals surface area (Å²) in [5.74, 6) is 0.105. The van der Waals surface area contributed by atoms with E-state index in [-0.39, 0.29) is 5.82 Å². The first-order valence-electron chi connectivity index (χ1n) is 4.05. The van der Waals surface area contributed by atoms with Gasteiger partial charge in [-0.1, -0.05) is 5.16 Å². The number of rotatable bonds is 2. The van der Waals surface area contributed by atoms with E-state index < -0.39 is 0 Å². The lowest BCUT2D eigenvalue weighted by Gasteiger charge is -2.04. The molecule has 0 saturated carbocycles. The van der Waals surface area contributed by atoms with Gasteiger partial charge in [0.25, 0.3) is 0 Å². The van der Waals surface area contributed by atoms with Crippen LogP contribution in [0.25, 0.3) is 11.3 Å². The van der Waals surface area contributed by atoms with Crippen LogP contribution in [-0.4, -0.2) is 12.3 Å². The fourth-order valence-electron chi connectivity index (χ4n) is 1.23. The molecule has 0 spiro atoms. The van der Waals surface area contributed by atoms with Gasteiger partial charge < -0.3 is 9.26 Å². The summed E-state index contributed by atoms with van der Waals surface area (Å²) < 4.78 is 22.6. The first kappa shape index (κ1) is 8.74. The summed E-state index contributed by atoms with van der Waals surface area (Å²) in [6.07, 6.45) is 1.46. The van der Waals surface area contributed by atoms with Gasteiger partial charge in [0.05, 0.1) is 7.11 Å². The summed E-state index contributed by atoms with van der Waals surface area (Å²) in [5, 5.41) is 3.75. The molecule has 0 atom stereocenters. The number of halogens is 1. The van der Waals surface area contributed by atoms with Crippen LogP contribution >= 0.6 is 0 Å². The Morgan fingerprint density at radius 2 is 2.21 bits per heavy atom. The number of aromatic nitrogens is 1. The molecule has 2 rings (SSSR count). The van der Waals surface area contributed by atoms with Crippen molar-refractivity contribution in [1.29, 1.82) is 0 Å². The van der Waals surface area contributed by atoms with E-state index in [0.29, 0.717) is 17.0 Å². The Labute approximate surface area is 80.1 Å². The SMILES string of the molecule is COc1cc(F)ccc1-c1ccon1. The molecule has 72 valence electrons. The molecule has 0 saturated heterocycles. The lowest BCUT2D eigenvalue weighted by molar-refractivity contribution is 0.408. The molecule has 1 aromatic heterocycles. The van der Waals surface area contributed by atoms with Crippen molar-refractivity contribution in [3.8, 4) is 17.0 Å². The number of benzene rings is 1. The lowest BCUT2D eigenvalue weighted by Crippen LogP contribution is -1.89. The topological polar surface area (TPSA) is 35.3 Å². The van der Waals surface area contributed by atoms with Crippen LogP contribution in [0.1, 0.15) is 0 Å². The Hall–Kier alpha value is -1.84. The fourth-order valence-corrected chi connectivity index (χ4v) is 1.23. The Bertz CT molecular complexity index is 426. The van der Waals surface area contributed by atoms with Crippen LogP contribution in [0.2, 0.25) is 0 Å². The highest BCUT2D eigenvalue weighted by atomic mass is 19.1. The van der Waals surface area contributed by atoms with Crippen LogP contribution in [0, 0.1) is 5.82 Å². The van der Waals surface area contributed by atoms with Gasteiger partial charge in [0, 0.05) is 17.7 Å². The maximum absolute atomic E-state index is 12.9. The number of nitrogens with zero attached hydrogens (tertiary/aromatic N) is 1. The zero-order valence-corrected chi connectivity index (χ0v) is 7.53. The molecule has 0 radical (unpaired) electrons. The zero-order valence-electron chi connectivity index (χ0n) is 7.53. The van der Waals surface area contributed by atoms with Gasteiger partial charge in [0.1, 0.15) is 23.5 Å². The Balaban J connectivity index is 2.53. The van der Waals surface area contributed by atoms with Gasteiger partial charge in [-0.15, -0.1) is 0 Å². The van der Waals surface area contributed by atoms with Crippen molar-refractivity contribution < 1.29 is 13.7 Å². The standard InChI is InChI=1S/C10H8FNO2/c1-13-10-6-7(11)2-3-8(10)9-4-5-14-12-9/h2-6H,1H3. The predicted molar refractivity (Wildman–Crippen MR) is 48.4 cm³/mol. The molecule has 0 aliphatic rings. The van der Waals surface area contributed by atoms with Crippen molar-refractivity contribution in [2.45, 2.75) is 0 Å². The van der Waals surface area contributed by atoms with Crippen molar-refractivity contribution >= 4 is 0 Å². The lowest BCUT2D eigenvalue weighted by atomic mass is 10.1. The largest absolute Gasteiger partial charge is 0.496 e. The van der Waals surface area contributed by atoms with Crippen LogP contribution in [-0.2, 0) is 0 Å². The van der Waals surface area contributed by atoms with Crippen LogP contribution in [0.15, 0.2) is 35.1 Å². The highest BCUT2D eigenvalue weighted by Crippen LogP contribution is 2.28. The Morgan fingerprint density at radius 3 is 2.86 bits per heavy atom. The molecule has 0 N–H and O–H groups in total. The summed E-state index contributed by atoms with van der Waals surface area (Å²) in [6, 6.07) is 5.96. The molecule has 0 aliphatic carbocycles. The van der Waals surface area contributed by atoms with Gasteiger partial charge >= 0.3 is 0 Å². The minimum atomic E-state index is -0.339. The molecule has 3 nitrogen and oxygen atoms in total. The maximum Gasteiger partial charge on any atom is 0.131 e. The van der Waals surface area contributed by atoms with Crippen LogP contribution < -0.4 is 4.74 Å². The third kappa shape index (κ3) is 1.46. The molecule has 4 heteroatoms. The summed E-state index contributed by atoms with van der Waals surface area (Å²) in [7, 11) is 1.48. The van der Waals surface area contributed by atoms with Crippen molar-refractivity contribution in [3.63, 3.8) is 0 Å². The first-order chi connectivity index (χ1) is 6.81. The smallest absolute Gasteiger partial charge is 0.131 e. The molecule has 0 amide bonds. The highest BCUT2D eigenvalue weighted by Gasteiger charge is 2.08. The van der Waals surface area contributed by atoms with E-state index in [1.807, 2.05) is 0 Å². The molecular formula is C10H8FNO2. The third-order valence-corrected chi connectivity index (χ3v) is 1.88. The Morgan fingerprint density at radius 1 is 1.36 bits per heavy atom. The van der Waals surface area contributed by atoms with Gasteiger partial charge in [-0.05, 0) is 12.1 Å². The average Bonchev–Trinajstić information content (AvgIpc) is 2.70. The monoisotopic (exact) mass is 193 g/mol. The van der Waals surface area contributed by atoms with Crippen molar-refractivity contribution in [1.82, 2.24) is 5.16 Å². The molecule has 1 heterocycles. The van der Waals surface area contributed by atoms with E-state index in [4.69, 9.17) is 9.26 Å². The molecule has 0 fully saturated rings. The number of ether oxygens (including phenoxy) is 1. The number of hydrogen-bond acceptors (Lipinski definition) is 3. The molecular weight excluding hydrogens is 185 g/mol. The quantitative estimate of drug-likeness (QED) is 0.734. The molecule has 14 heavy (non-hydrogen) atoms. The van der Waals surface area contributed by atoms with Gasteiger partial charge in [0.2, 0.25) is 0 Å². The van der Waals surface area contributed by atoms with Gasteiger partial charge in [0.15, 0.2) is 0 Å². The molecule has 0 bridgehead atoms. The van der Waals surface area contributed by atoms with Crippen molar-refractivity contribution in [2.75, 3.05) is 7.11 Å². The zero-order chi connectivity index (χ0) is 9.97. The molecule has 2 aromatic rings. The second-order valence-electron chi connectivity index (χ2n) is 2.73. The van der Waals surface area contributed by atoms with Gasteiger partial charge in [-0.25, -0.2) is 4.39 Å². The number of hydrogen-bond donors (Lipinski definition) is 0. The normalized spacial score (nSPS) is 10.1. The predicted octanol–water partition coefficient (Wildman–Crippen LogP) is 2.49. The van der Waals surface area contributed by atoms with E-state index in [1.54, 1.807) is 12.1 Å². The fraction of sp³-hybridized carbons (Fsp3) is 0.100. The summed E-state index contributed by atoms with van der Waals surface area (Å²) >= 11 is 0. The van der Waals surface area contributed by atoms with E-state index in [1.165, 1.54) is 25.5 Å². The number of methoxy groups -OCH3 is 1. The van der Waals surface area contributed by atoms with E-state index in [9.17, 15) is 4.39 Å². The van der Waals surface area contributed by atoms with Gasteiger partial charge in [-0.2, -0.15) is 0 Å². The van der Waals surface area contributed by atoms with Crippen molar-refractivity contribution in [3.05, 3.63) is 36.3 Å². The third-order valence-electron chi connectivity index (χ3n) is 1.88. The second kappa shape index (κ2) is 3.49. The minimum absolute atomic E-state index is 0.339. The van der Waals surface area contributed by atoms with E-state index in [2.05, 4.69) is 5.16 Å². The van der Waals surface area contributed by atoms with Crippen LogP contribution in [0.4, 0.5) is 4.39 Å². The molecule has 0 unspecified atom stereocenters. The summed E-state index contributed by atoms with van der Waals surface area (Å²) in [6.45, 7) is 0. The van der Waals surface area contributed by atoms with Crippen molar-refractivity contribution in [2.24, 2.45) is 0 Å². The summed E-state index contributed by atoms with van der Waals surface area (Å²) in [5.41, 5.74) is 1.34. The van der Waals surface area contributed by atoms with Gasteiger partial charge in [-0.3, -0.25) is 0 Å². The molecule has 0 aliphatic heterocycles. The van der Waals surface area contributed by atoms with E-state index >= 15 is 0 Å². The first-order valence-corrected chi connectivity index (χ1v) is 4.05. The molecule has 1 aromatic carbocycles. The van der Waals surface area contributed by atoms with Crippen LogP contribution in [0.3, 0.4) is 0 Å².